The van der Waals surface area contributed by atoms with E-state index >= 15 is 0 Å². The van der Waals surface area contributed by atoms with E-state index in [-0.39, 0.29) is 43.3 Å². The molecule has 0 spiro atoms. The Kier molecular flexibility index (Phi) is 7.07. The van der Waals surface area contributed by atoms with E-state index in [1.54, 1.807) is 41.3 Å². The van der Waals surface area contributed by atoms with Crippen LogP contribution in [0.2, 0.25) is 0 Å². The molecular weight excluding hydrogens is 478 g/mol. The molecule has 3 aliphatic rings. The van der Waals surface area contributed by atoms with Crippen molar-refractivity contribution in [3.05, 3.63) is 47.5 Å². The molecular formula is C27H31N3O7. The fraction of sp³-hybridized carbons (Fsp3) is 0.444. The lowest BCUT2D eigenvalue weighted by atomic mass is 9.88. The van der Waals surface area contributed by atoms with Crippen LogP contribution in [0.15, 0.2) is 36.4 Å². The number of fused-ring (bicyclic) bond motifs is 2. The number of ether oxygens (including phenoxy) is 4. The third-order valence-electron chi connectivity index (χ3n) is 7.12. The lowest BCUT2D eigenvalue weighted by molar-refractivity contribution is -0.125. The van der Waals surface area contributed by atoms with Crippen molar-refractivity contribution in [2.24, 2.45) is 5.92 Å². The molecule has 3 heterocycles. The molecule has 3 amide bonds. The van der Waals surface area contributed by atoms with E-state index in [0.29, 0.717) is 60.1 Å². The molecule has 1 fully saturated rings. The Balaban J connectivity index is 1.26. The highest BCUT2D eigenvalue weighted by Crippen LogP contribution is 2.34. The molecule has 0 radical (unpaired) electrons. The minimum absolute atomic E-state index is 0.0230. The van der Waals surface area contributed by atoms with Gasteiger partial charge in [0.1, 0.15) is 6.04 Å². The number of hydrogen-bond donors (Lipinski definition) is 2. The van der Waals surface area contributed by atoms with Crippen LogP contribution in [0.4, 0.5) is 0 Å². The molecule has 2 aromatic rings. The minimum Gasteiger partial charge on any atom is -0.454 e. The SMILES string of the molecule is CC[C@H](C)NC(=O)[C@H](NC(=O)c1ccc2c(c1)OCO2)C1CCN(C(=O)c2ccc3c(c2)OCO3)CC1. The topological polar surface area (TPSA) is 115 Å². The van der Waals surface area contributed by atoms with Gasteiger partial charge in [-0.15, -0.1) is 0 Å². The van der Waals surface area contributed by atoms with Crippen LogP contribution in [0.5, 0.6) is 23.0 Å². The molecule has 5 rings (SSSR count). The number of carbonyl (C=O) groups excluding carboxylic acids is 3. The summed E-state index contributed by atoms with van der Waals surface area (Å²) in [5, 5.41) is 5.95. The second-order valence-electron chi connectivity index (χ2n) is 9.53. The zero-order valence-electron chi connectivity index (χ0n) is 21.0. The Bertz CT molecular complexity index is 1190. The molecule has 0 aliphatic carbocycles. The number of rotatable bonds is 7. The van der Waals surface area contributed by atoms with Gasteiger partial charge >= 0.3 is 0 Å². The molecule has 10 heteroatoms. The third kappa shape index (κ3) is 5.28. The van der Waals surface area contributed by atoms with Gasteiger partial charge in [0.2, 0.25) is 19.5 Å². The van der Waals surface area contributed by atoms with Crippen molar-refractivity contribution in [3.63, 3.8) is 0 Å². The number of likely N-dealkylation sites (tertiary alicyclic amines) is 1. The Hall–Kier alpha value is -3.95. The quantitative estimate of drug-likeness (QED) is 0.590. The highest BCUT2D eigenvalue weighted by atomic mass is 16.7. The average molecular weight is 510 g/mol. The first-order valence-corrected chi connectivity index (χ1v) is 12.6. The van der Waals surface area contributed by atoms with Gasteiger partial charge in [-0.25, -0.2) is 0 Å². The van der Waals surface area contributed by atoms with E-state index in [1.807, 2.05) is 13.8 Å². The van der Waals surface area contributed by atoms with Gasteiger partial charge in [-0.05, 0) is 68.5 Å². The second-order valence-corrected chi connectivity index (χ2v) is 9.53. The van der Waals surface area contributed by atoms with Crippen LogP contribution in [0.25, 0.3) is 0 Å². The average Bonchev–Trinajstić information content (AvgIpc) is 3.59. The molecule has 0 bridgehead atoms. The Morgan fingerprint density at radius 3 is 2.05 bits per heavy atom. The first-order chi connectivity index (χ1) is 17.9. The van der Waals surface area contributed by atoms with Gasteiger partial charge in [0.05, 0.1) is 0 Å². The van der Waals surface area contributed by atoms with Crippen molar-refractivity contribution in [1.29, 1.82) is 0 Å². The van der Waals surface area contributed by atoms with Gasteiger partial charge in [0, 0.05) is 30.3 Å². The summed E-state index contributed by atoms with van der Waals surface area (Å²) in [5.41, 5.74) is 0.922. The van der Waals surface area contributed by atoms with E-state index < -0.39 is 6.04 Å². The molecule has 2 aromatic carbocycles. The standard InChI is InChI=1S/C27H31N3O7/c1-3-16(2)28-26(32)24(29-25(31)18-4-6-20-22(12-18)36-14-34-20)17-8-10-30(11-9-17)27(33)19-5-7-21-23(13-19)37-15-35-21/h4-7,12-13,16-17,24H,3,8-11,14-15H2,1-2H3,(H,28,32)(H,29,31)/t16-,24+/m0/s1. The summed E-state index contributed by atoms with van der Waals surface area (Å²) < 4.78 is 21.4. The van der Waals surface area contributed by atoms with Crippen LogP contribution in [0, 0.1) is 5.92 Å². The van der Waals surface area contributed by atoms with Gasteiger partial charge in [-0.3, -0.25) is 14.4 Å². The zero-order valence-corrected chi connectivity index (χ0v) is 21.0. The van der Waals surface area contributed by atoms with Crippen molar-refractivity contribution >= 4 is 17.7 Å². The number of piperidine rings is 1. The van der Waals surface area contributed by atoms with Crippen molar-refractivity contribution < 1.29 is 33.3 Å². The van der Waals surface area contributed by atoms with E-state index in [9.17, 15) is 14.4 Å². The monoisotopic (exact) mass is 509 g/mol. The molecule has 3 aliphatic heterocycles. The van der Waals surface area contributed by atoms with Crippen LogP contribution in [-0.2, 0) is 4.79 Å². The molecule has 0 saturated carbocycles. The molecule has 37 heavy (non-hydrogen) atoms. The van der Waals surface area contributed by atoms with E-state index in [1.165, 1.54) is 0 Å². The van der Waals surface area contributed by atoms with Crippen molar-refractivity contribution in [1.82, 2.24) is 15.5 Å². The number of amides is 3. The largest absolute Gasteiger partial charge is 0.454 e. The third-order valence-corrected chi connectivity index (χ3v) is 7.12. The number of nitrogens with one attached hydrogen (secondary N) is 2. The summed E-state index contributed by atoms with van der Waals surface area (Å²) in [6.07, 6.45) is 1.93. The first-order valence-electron chi connectivity index (χ1n) is 12.6. The van der Waals surface area contributed by atoms with Crippen molar-refractivity contribution in [2.45, 2.75) is 45.2 Å². The fourth-order valence-electron chi connectivity index (χ4n) is 4.74. The Morgan fingerprint density at radius 2 is 1.43 bits per heavy atom. The number of benzene rings is 2. The summed E-state index contributed by atoms with van der Waals surface area (Å²) >= 11 is 0. The highest BCUT2D eigenvalue weighted by Gasteiger charge is 2.35. The molecule has 0 unspecified atom stereocenters. The number of hydrogen-bond acceptors (Lipinski definition) is 7. The normalized spacial score (nSPS) is 17.7. The van der Waals surface area contributed by atoms with E-state index in [0.717, 1.165) is 6.42 Å². The summed E-state index contributed by atoms with van der Waals surface area (Å²) in [6, 6.07) is 9.38. The smallest absolute Gasteiger partial charge is 0.253 e. The Morgan fingerprint density at radius 1 is 0.865 bits per heavy atom. The molecule has 0 aromatic heterocycles. The van der Waals surface area contributed by atoms with Crippen molar-refractivity contribution in [2.75, 3.05) is 26.7 Å². The molecule has 2 N–H and O–H groups in total. The lowest BCUT2D eigenvalue weighted by Crippen LogP contribution is -2.55. The van der Waals surface area contributed by atoms with Gasteiger partial charge < -0.3 is 34.5 Å². The van der Waals surface area contributed by atoms with Crippen LogP contribution in [0.1, 0.15) is 53.8 Å². The summed E-state index contributed by atoms with van der Waals surface area (Å²) in [6.45, 7) is 5.14. The summed E-state index contributed by atoms with van der Waals surface area (Å²) in [5.74, 6) is 1.48. The van der Waals surface area contributed by atoms with Crippen LogP contribution in [0.3, 0.4) is 0 Å². The zero-order chi connectivity index (χ0) is 25.9. The van der Waals surface area contributed by atoms with Crippen LogP contribution in [-0.4, -0.2) is 61.4 Å². The first kappa shape index (κ1) is 24.7. The Labute approximate surface area is 215 Å². The summed E-state index contributed by atoms with van der Waals surface area (Å²) in [7, 11) is 0. The van der Waals surface area contributed by atoms with Crippen molar-refractivity contribution in [3.8, 4) is 23.0 Å². The number of carbonyl (C=O) groups is 3. The van der Waals surface area contributed by atoms with Gasteiger partial charge in [0.15, 0.2) is 23.0 Å². The van der Waals surface area contributed by atoms with Gasteiger partial charge in [-0.2, -0.15) is 0 Å². The van der Waals surface area contributed by atoms with E-state index in [4.69, 9.17) is 18.9 Å². The predicted molar refractivity (Wildman–Crippen MR) is 133 cm³/mol. The second kappa shape index (κ2) is 10.6. The van der Waals surface area contributed by atoms with Crippen LogP contribution < -0.4 is 29.6 Å². The number of nitrogens with zero attached hydrogens (tertiary/aromatic N) is 1. The maximum Gasteiger partial charge on any atom is 0.253 e. The van der Waals surface area contributed by atoms with Crippen LogP contribution >= 0.6 is 0 Å². The predicted octanol–water partition coefficient (Wildman–Crippen LogP) is 2.71. The molecule has 10 nitrogen and oxygen atoms in total. The van der Waals surface area contributed by atoms with Gasteiger partial charge in [0.25, 0.3) is 11.8 Å². The maximum atomic E-state index is 13.2. The summed E-state index contributed by atoms with van der Waals surface area (Å²) in [4.78, 5) is 41.3. The minimum atomic E-state index is -0.727. The molecule has 1 saturated heterocycles. The molecule has 196 valence electrons. The highest BCUT2D eigenvalue weighted by molar-refractivity contribution is 5.98. The maximum absolute atomic E-state index is 13.2. The van der Waals surface area contributed by atoms with E-state index in [2.05, 4.69) is 10.6 Å². The molecule has 2 atom stereocenters. The fourth-order valence-corrected chi connectivity index (χ4v) is 4.74. The van der Waals surface area contributed by atoms with Gasteiger partial charge in [-0.1, -0.05) is 6.92 Å². The lowest BCUT2D eigenvalue weighted by Gasteiger charge is -2.36.